The molecule has 0 amide bonds. The summed E-state index contributed by atoms with van der Waals surface area (Å²) in [6.07, 6.45) is 1.83. The second-order valence-electron chi connectivity index (χ2n) is 4.48. The molecule has 0 atom stereocenters. The molecule has 0 spiro atoms. The monoisotopic (exact) mass is 551 g/mol. The number of hydrogen-bond donors (Lipinski definition) is 0. The smallest absolute Gasteiger partial charge is 0.244 e. The Morgan fingerprint density at radius 1 is 1.14 bits per heavy atom. The van der Waals surface area contributed by atoms with Crippen molar-refractivity contribution in [3.8, 4) is 0 Å². The van der Waals surface area contributed by atoms with Crippen molar-refractivity contribution < 1.29 is 4.79 Å². The number of aliphatic imine (C=N–C) groups is 1. The molecule has 110 valence electrons. The van der Waals surface area contributed by atoms with Crippen molar-refractivity contribution in [3.05, 3.63) is 71.5 Å². The molecule has 3 rings (SSSR count). The zero-order chi connectivity index (χ0) is 15.7. The van der Waals surface area contributed by atoms with Crippen molar-refractivity contribution in [3.63, 3.8) is 0 Å². The van der Waals surface area contributed by atoms with Gasteiger partial charge in [0.1, 0.15) is 10.7 Å². The lowest BCUT2D eigenvalue weighted by Gasteiger charge is -2.02. The number of thioether (sulfide) groups is 1. The van der Waals surface area contributed by atoms with Crippen LogP contribution in [-0.4, -0.2) is 10.2 Å². The van der Waals surface area contributed by atoms with E-state index in [1.807, 2.05) is 48.5 Å². The van der Waals surface area contributed by atoms with Gasteiger partial charge >= 0.3 is 0 Å². The molecule has 1 aliphatic heterocycles. The van der Waals surface area contributed by atoms with Crippen molar-refractivity contribution in [2.24, 2.45) is 4.99 Å². The average Bonchev–Trinajstić information content (AvgIpc) is 2.85. The molecular formula is C16H8ClI2NOS. The van der Waals surface area contributed by atoms with Gasteiger partial charge in [0.05, 0.1) is 5.02 Å². The Balaban J connectivity index is 2.02. The Hall–Kier alpha value is -0.380. The van der Waals surface area contributed by atoms with Crippen LogP contribution in [0.25, 0.3) is 6.08 Å². The van der Waals surface area contributed by atoms with Crippen LogP contribution in [0.2, 0.25) is 5.02 Å². The molecule has 2 nitrogen and oxygen atoms in total. The van der Waals surface area contributed by atoms with Crippen LogP contribution in [0.1, 0.15) is 11.1 Å². The number of carbonyl (C=O) groups excluding carboxylic acids is 1. The summed E-state index contributed by atoms with van der Waals surface area (Å²) < 4.78 is 2.14. The van der Waals surface area contributed by atoms with Gasteiger partial charge in [-0.05, 0) is 92.8 Å². The highest BCUT2D eigenvalue weighted by Crippen LogP contribution is 2.33. The van der Waals surface area contributed by atoms with Crippen LogP contribution in [-0.2, 0) is 4.79 Å². The molecule has 1 heterocycles. The molecule has 0 bridgehead atoms. The summed E-state index contributed by atoms with van der Waals surface area (Å²) in [7, 11) is 0. The van der Waals surface area contributed by atoms with Crippen LogP contribution in [0.3, 0.4) is 0 Å². The summed E-state index contributed by atoms with van der Waals surface area (Å²) in [6, 6.07) is 13.6. The molecule has 6 heteroatoms. The average molecular weight is 552 g/mol. The predicted octanol–water partition coefficient (Wildman–Crippen LogP) is 5.61. The summed E-state index contributed by atoms with van der Waals surface area (Å²) in [6.45, 7) is 0. The van der Waals surface area contributed by atoms with Gasteiger partial charge in [-0.2, -0.15) is 0 Å². The standard InChI is InChI=1S/C16H8ClI2NOS/c17-12-6-5-10(18)8-11(12)15-20-14(16(21)22-15)7-9-3-1-2-4-13(9)19/h1-8H. The van der Waals surface area contributed by atoms with E-state index in [1.165, 1.54) is 0 Å². The predicted molar refractivity (Wildman–Crippen MR) is 110 cm³/mol. The fourth-order valence-corrected chi connectivity index (χ4v) is 4.03. The van der Waals surface area contributed by atoms with Gasteiger partial charge in [-0.25, -0.2) is 4.99 Å². The number of rotatable bonds is 2. The fourth-order valence-electron chi connectivity index (χ4n) is 1.93. The van der Waals surface area contributed by atoms with E-state index in [0.29, 0.717) is 15.8 Å². The van der Waals surface area contributed by atoms with Crippen LogP contribution < -0.4 is 0 Å². The minimum atomic E-state index is -0.0513. The molecule has 0 fully saturated rings. The van der Waals surface area contributed by atoms with E-state index >= 15 is 0 Å². The van der Waals surface area contributed by atoms with Crippen molar-refractivity contribution in [2.75, 3.05) is 0 Å². The van der Waals surface area contributed by atoms with Gasteiger partial charge in [0.25, 0.3) is 0 Å². The first-order valence-electron chi connectivity index (χ1n) is 6.27. The lowest BCUT2D eigenvalue weighted by atomic mass is 10.2. The largest absolute Gasteiger partial charge is 0.279 e. The van der Waals surface area contributed by atoms with Gasteiger partial charge in [0.15, 0.2) is 0 Å². The van der Waals surface area contributed by atoms with E-state index in [1.54, 1.807) is 0 Å². The Morgan fingerprint density at radius 3 is 2.68 bits per heavy atom. The highest BCUT2D eigenvalue weighted by atomic mass is 127. The molecule has 0 N–H and O–H groups in total. The summed E-state index contributed by atoms with van der Waals surface area (Å²) in [4.78, 5) is 16.7. The number of nitrogens with zero attached hydrogens (tertiary/aromatic N) is 1. The van der Waals surface area contributed by atoms with E-state index in [2.05, 4.69) is 50.2 Å². The summed E-state index contributed by atoms with van der Waals surface area (Å²) >= 11 is 11.8. The van der Waals surface area contributed by atoms with Gasteiger partial charge in [-0.1, -0.05) is 29.8 Å². The fraction of sp³-hybridized carbons (Fsp3) is 0. The zero-order valence-corrected chi connectivity index (χ0v) is 16.9. The van der Waals surface area contributed by atoms with Gasteiger partial charge in [0.2, 0.25) is 5.12 Å². The van der Waals surface area contributed by atoms with E-state index in [0.717, 1.165) is 30.0 Å². The molecule has 0 unspecified atom stereocenters. The van der Waals surface area contributed by atoms with Gasteiger partial charge in [-0.3, -0.25) is 4.79 Å². The molecule has 22 heavy (non-hydrogen) atoms. The topological polar surface area (TPSA) is 29.4 Å². The molecule has 1 aliphatic rings. The third kappa shape index (κ3) is 3.58. The van der Waals surface area contributed by atoms with E-state index < -0.39 is 0 Å². The Bertz CT molecular complexity index is 833. The summed E-state index contributed by atoms with van der Waals surface area (Å²) in [5.41, 5.74) is 2.25. The SMILES string of the molecule is O=C1SC(c2cc(I)ccc2Cl)=NC1=Cc1ccccc1I. The van der Waals surface area contributed by atoms with Crippen molar-refractivity contribution in [2.45, 2.75) is 0 Å². The second-order valence-corrected chi connectivity index (χ2v) is 8.26. The quantitative estimate of drug-likeness (QED) is 0.359. The maximum absolute atomic E-state index is 12.2. The first kappa shape index (κ1) is 16.5. The van der Waals surface area contributed by atoms with Crippen LogP contribution in [0.4, 0.5) is 0 Å². The lowest BCUT2D eigenvalue weighted by molar-refractivity contribution is -0.107. The minimum Gasteiger partial charge on any atom is -0.279 e. The first-order valence-corrected chi connectivity index (χ1v) is 9.62. The van der Waals surface area contributed by atoms with Crippen LogP contribution in [0, 0.1) is 7.14 Å². The van der Waals surface area contributed by atoms with Crippen LogP contribution in [0.15, 0.2) is 53.2 Å². The zero-order valence-electron chi connectivity index (χ0n) is 11.0. The van der Waals surface area contributed by atoms with Crippen LogP contribution >= 0.6 is 68.5 Å². The Morgan fingerprint density at radius 2 is 1.91 bits per heavy atom. The van der Waals surface area contributed by atoms with Crippen molar-refractivity contribution in [1.29, 1.82) is 0 Å². The van der Waals surface area contributed by atoms with Gasteiger partial charge in [0, 0.05) is 12.7 Å². The Labute approximate surface area is 164 Å². The Kier molecular flexibility index (Phi) is 5.26. The number of carbonyl (C=O) groups is 1. The molecular weight excluding hydrogens is 544 g/mol. The van der Waals surface area contributed by atoms with Crippen LogP contribution in [0.5, 0.6) is 0 Å². The lowest BCUT2D eigenvalue weighted by Crippen LogP contribution is -1.95. The molecule has 0 saturated carbocycles. The third-order valence-corrected chi connectivity index (χ3v) is 5.86. The summed E-state index contributed by atoms with van der Waals surface area (Å²) in [5.74, 6) is 0. The molecule has 2 aromatic rings. The van der Waals surface area contributed by atoms with Crippen molar-refractivity contribution in [1.82, 2.24) is 0 Å². The molecule has 0 aromatic heterocycles. The molecule has 0 aliphatic carbocycles. The highest BCUT2D eigenvalue weighted by molar-refractivity contribution is 14.1. The van der Waals surface area contributed by atoms with Crippen molar-refractivity contribution >= 4 is 84.8 Å². The summed E-state index contributed by atoms with van der Waals surface area (Å²) in [5, 5.41) is 1.21. The number of benzene rings is 2. The maximum atomic E-state index is 12.2. The maximum Gasteiger partial charge on any atom is 0.244 e. The third-order valence-electron chi connectivity index (χ3n) is 2.98. The number of halogens is 3. The molecule has 0 saturated heterocycles. The normalized spacial score (nSPS) is 16.2. The van der Waals surface area contributed by atoms with E-state index in [-0.39, 0.29) is 5.12 Å². The van der Waals surface area contributed by atoms with Gasteiger partial charge < -0.3 is 0 Å². The van der Waals surface area contributed by atoms with E-state index in [9.17, 15) is 4.79 Å². The number of hydrogen-bond acceptors (Lipinski definition) is 3. The van der Waals surface area contributed by atoms with Gasteiger partial charge in [-0.15, -0.1) is 0 Å². The molecule has 2 aromatic carbocycles. The first-order chi connectivity index (χ1) is 10.5. The highest BCUT2D eigenvalue weighted by Gasteiger charge is 2.25. The minimum absolute atomic E-state index is 0.0513. The second kappa shape index (κ2) is 7.02. The van der Waals surface area contributed by atoms with E-state index in [4.69, 9.17) is 11.6 Å². The molecule has 0 radical (unpaired) electrons.